The molecule has 1 radical (unpaired) electrons. The first-order chi connectivity index (χ1) is 6.27. The summed E-state index contributed by atoms with van der Waals surface area (Å²) in [6, 6.07) is 6.96. The Hall–Kier alpha value is -1.35. The SMILES string of the molecule is Cc1nc(-c2ccccc2[O])cs1. The van der Waals surface area contributed by atoms with E-state index in [0.29, 0.717) is 5.56 Å². The van der Waals surface area contributed by atoms with Crippen LogP contribution in [0.2, 0.25) is 0 Å². The van der Waals surface area contributed by atoms with Crippen molar-refractivity contribution in [3.05, 3.63) is 34.7 Å². The van der Waals surface area contributed by atoms with Gasteiger partial charge >= 0.3 is 0 Å². The highest BCUT2D eigenvalue weighted by Crippen LogP contribution is 2.29. The molecule has 0 N–H and O–H groups in total. The monoisotopic (exact) mass is 190 g/mol. The van der Waals surface area contributed by atoms with Crippen molar-refractivity contribution >= 4 is 11.3 Å². The second kappa shape index (κ2) is 3.18. The maximum absolute atomic E-state index is 11.4. The highest BCUT2D eigenvalue weighted by Gasteiger charge is 2.06. The summed E-state index contributed by atoms with van der Waals surface area (Å²) in [5, 5.41) is 14.3. The van der Waals surface area contributed by atoms with Crippen LogP contribution >= 0.6 is 11.3 Å². The van der Waals surface area contributed by atoms with Crippen LogP contribution in [0.5, 0.6) is 5.75 Å². The lowest BCUT2D eigenvalue weighted by Crippen LogP contribution is -1.77. The number of thiazole rings is 1. The van der Waals surface area contributed by atoms with Gasteiger partial charge in [0.15, 0.2) is 5.75 Å². The van der Waals surface area contributed by atoms with Crippen molar-refractivity contribution in [2.75, 3.05) is 0 Å². The largest absolute Gasteiger partial charge is 0.289 e. The van der Waals surface area contributed by atoms with E-state index in [1.165, 1.54) is 0 Å². The topological polar surface area (TPSA) is 32.8 Å². The zero-order valence-electron chi connectivity index (χ0n) is 7.15. The van der Waals surface area contributed by atoms with Gasteiger partial charge in [-0.1, -0.05) is 12.1 Å². The third-order valence-electron chi connectivity index (χ3n) is 1.78. The van der Waals surface area contributed by atoms with Gasteiger partial charge in [-0.3, -0.25) is 5.11 Å². The van der Waals surface area contributed by atoms with Crippen molar-refractivity contribution < 1.29 is 5.11 Å². The predicted octanol–water partition coefficient (Wildman–Crippen LogP) is 3.26. The Labute approximate surface area is 80.5 Å². The molecule has 13 heavy (non-hydrogen) atoms. The normalized spacial score (nSPS) is 10.2. The van der Waals surface area contributed by atoms with E-state index in [1.807, 2.05) is 18.4 Å². The van der Waals surface area contributed by atoms with Crippen molar-refractivity contribution in [2.24, 2.45) is 0 Å². The molecule has 0 bridgehead atoms. The summed E-state index contributed by atoms with van der Waals surface area (Å²) in [5.74, 6) is 0.0350. The summed E-state index contributed by atoms with van der Waals surface area (Å²) in [7, 11) is 0. The number of para-hydroxylation sites is 1. The first-order valence-corrected chi connectivity index (χ1v) is 4.84. The Bertz CT molecular complexity index is 422. The molecule has 1 aromatic carbocycles. The quantitative estimate of drug-likeness (QED) is 0.679. The van der Waals surface area contributed by atoms with Gasteiger partial charge in [0.05, 0.1) is 10.7 Å². The molecular weight excluding hydrogens is 182 g/mol. The summed E-state index contributed by atoms with van der Waals surface area (Å²) in [5.41, 5.74) is 1.47. The molecule has 65 valence electrons. The fourth-order valence-electron chi connectivity index (χ4n) is 1.17. The van der Waals surface area contributed by atoms with Gasteiger partial charge in [-0.25, -0.2) is 4.98 Å². The van der Waals surface area contributed by atoms with Gasteiger partial charge in [0.25, 0.3) is 0 Å². The second-order valence-corrected chi connectivity index (χ2v) is 3.81. The summed E-state index contributed by atoms with van der Waals surface area (Å²) < 4.78 is 0. The van der Waals surface area contributed by atoms with Gasteiger partial charge in [0.2, 0.25) is 0 Å². The molecule has 2 nitrogen and oxygen atoms in total. The molecule has 1 aromatic heterocycles. The van der Waals surface area contributed by atoms with Crippen molar-refractivity contribution in [3.63, 3.8) is 0 Å². The standard InChI is InChI=1S/C10H8NOS/c1-7-11-9(6-13-7)8-4-2-3-5-10(8)12/h2-6H,1H3. The maximum atomic E-state index is 11.4. The number of rotatable bonds is 1. The molecule has 0 atom stereocenters. The molecular formula is C10H8NOS. The van der Waals surface area contributed by atoms with Crippen molar-refractivity contribution in [1.82, 2.24) is 4.98 Å². The average Bonchev–Trinajstić information content (AvgIpc) is 2.53. The van der Waals surface area contributed by atoms with Crippen LogP contribution in [0.3, 0.4) is 0 Å². The molecule has 0 saturated heterocycles. The van der Waals surface area contributed by atoms with E-state index >= 15 is 0 Å². The van der Waals surface area contributed by atoms with Crippen LogP contribution in [0.15, 0.2) is 29.6 Å². The summed E-state index contributed by atoms with van der Waals surface area (Å²) in [4.78, 5) is 4.26. The first-order valence-electron chi connectivity index (χ1n) is 3.96. The highest BCUT2D eigenvalue weighted by atomic mass is 32.1. The van der Waals surface area contributed by atoms with Crippen LogP contribution in [0.4, 0.5) is 0 Å². The molecule has 1 heterocycles. The molecule has 0 aliphatic carbocycles. The van der Waals surface area contributed by atoms with Crippen molar-refractivity contribution in [1.29, 1.82) is 0 Å². The van der Waals surface area contributed by atoms with E-state index in [-0.39, 0.29) is 5.75 Å². The third kappa shape index (κ3) is 1.55. The Morgan fingerprint density at radius 2 is 2.08 bits per heavy atom. The smallest absolute Gasteiger partial charge is 0.188 e. The summed E-state index contributed by atoms with van der Waals surface area (Å²) in [6.07, 6.45) is 0. The second-order valence-electron chi connectivity index (χ2n) is 2.75. The molecule has 0 aliphatic rings. The zero-order valence-corrected chi connectivity index (χ0v) is 7.97. The molecule has 0 spiro atoms. The lowest BCUT2D eigenvalue weighted by Gasteiger charge is -1.95. The van der Waals surface area contributed by atoms with Crippen LogP contribution in [-0.4, -0.2) is 4.98 Å². The number of aromatic nitrogens is 1. The minimum absolute atomic E-state index is 0.0350. The van der Waals surface area contributed by atoms with Gasteiger partial charge in [0, 0.05) is 10.9 Å². The van der Waals surface area contributed by atoms with Crippen LogP contribution in [-0.2, 0) is 5.11 Å². The zero-order chi connectivity index (χ0) is 9.26. The minimum Gasteiger partial charge on any atom is -0.289 e. The van der Waals surface area contributed by atoms with Crippen LogP contribution in [0.1, 0.15) is 5.01 Å². The van der Waals surface area contributed by atoms with Crippen LogP contribution in [0, 0.1) is 6.92 Å². The van der Waals surface area contributed by atoms with Gasteiger partial charge in [-0.15, -0.1) is 11.3 Å². The van der Waals surface area contributed by atoms with E-state index < -0.39 is 0 Å². The van der Waals surface area contributed by atoms with E-state index in [9.17, 15) is 5.11 Å². The minimum atomic E-state index is 0.0350. The van der Waals surface area contributed by atoms with Crippen LogP contribution in [0.25, 0.3) is 11.3 Å². The molecule has 0 amide bonds. The molecule has 0 aliphatic heterocycles. The van der Waals surface area contributed by atoms with Crippen LogP contribution < -0.4 is 0 Å². The maximum Gasteiger partial charge on any atom is 0.188 e. The summed E-state index contributed by atoms with van der Waals surface area (Å²) >= 11 is 1.56. The fourth-order valence-corrected chi connectivity index (χ4v) is 1.78. The molecule has 2 aromatic rings. The Morgan fingerprint density at radius 1 is 1.31 bits per heavy atom. The van der Waals surface area contributed by atoms with E-state index in [0.717, 1.165) is 10.7 Å². The highest BCUT2D eigenvalue weighted by molar-refractivity contribution is 7.09. The summed E-state index contributed by atoms with van der Waals surface area (Å²) in [6.45, 7) is 1.93. The predicted molar refractivity (Wildman–Crippen MR) is 52.4 cm³/mol. The molecule has 0 fully saturated rings. The van der Waals surface area contributed by atoms with E-state index in [1.54, 1.807) is 29.5 Å². The van der Waals surface area contributed by atoms with Crippen molar-refractivity contribution in [3.8, 4) is 17.0 Å². The number of nitrogens with zero attached hydrogens (tertiary/aromatic N) is 1. The lowest BCUT2D eigenvalue weighted by atomic mass is 10.1. The van der Waals surface area contributed by atoms with Gasteiger partial charge < -0.3 is 0 Å². The Kier molecular flexibility index (Phi) is 2.02. The molecule has 0 saturated carbocycles. The van der Waals surface area contributed by atoms with Gasteiger partial charge in [-0.05, 0) is 19.1 Å². The number of hydrogen-bond donors (Lipinski definition) is 0. The van der Waals surface area contributed by atoms with E-state index in [2.05, 4.69) is 4.98 Å². The lowest BCUT2D eigenvalue weighted by molar-refractivity contribution is 0.356. The molecule has 2 rings (SSSR count). The fraction of sp³-hybridized carbons (Fsp3) is 0.100. The number of hydrogen-bond acceptors (Lipinski definition) is 2. The number of aryl methyl sites for hydroxylation is 1. The third-order valence-corrected chi connectivity index (χ3v) is 2.56. The first kappa shape index (κ1) is 8.26. The molecule has 3 heteroatoms. The average molecular weight is 190 g/mol. The Balaban J connectivity index is 2.52. The van der Waals surface area contributed by atoms with Gasteiger partial charge in [-0.2, -0.15) is 0 Å². The molecule has 0 unspecified atom stereocenters. The Morgan fingerprint density at radius 3 is 2.69 bits per heavy atom. The number of benzene rings is 1. The van der Waals surface area contributed by atoms with Gasteiger partial charge in [0.1, 0.15) is 0 Å². The van der Waals surface area contributed by atoms with E-state index in [4.69, 9.17) is 0 Å². The van der Waals surface area contributed by atoms with Crippen molar-refractivity contribution in [2.45, 2.75) is 6.92 Å².